The molecule has 0 saturated heterocycles. The van der Waals surface area contributed by atoms with Crippen LogP contribution < -0.4 is 5.32 Å². The lowest BCUT2D eigenvalue weighted by Crippen LogP contribution is -2.24. The van der Waals surface area contributed by atoms with Gasteiger partial charge in [-0.25, -0.2) is 4.98 Å². The molecular weight excluding hydrogens is 196 g/mol. The van der Waals surface area contributed by atoms with Gasteiger partial charge in [0.15, 0.2) is 0 Å². The smallest absolute Gasteiger partial charge is 0.263 e. The van der Waals surface area contributed by atoms with Gasteiger partial charge in [-0.15, -0.1) is 11.3 Å². The molecule has 1 fully saturated rings. The lowest BCUT2D eigenvalue weighted by molar-refractivity contribution is 0.0955. The fraction of sp³-hybridized carbons (Fsp3) is 0.600. The maximum atomic E-state index is 11.6. The zero-order valence-corrected chi connectivity index (χ0v) is 9.06. The minimum Gasteiger partial charge on any atom is -0.351 e. The van der Waals surface area contributed by atoms with Gasteiger partial charge in [0, 0.05) is 6.54 Å². The van der Waals surface area contributed by atoms with Crippen molar-refractivity contribution in [3.63, 3.8) is 0 Å². The fourth-order valence-corrected chi connectivity index (χ4v) is 2.00. The summed E-state index contributed by atoms with van der Waals surface area (Å²) in [6.07, 6.45) is 5.11. The molecule has 76 valence electrons. The summed E-state index contributed by atoms with van der Waals surface area (Å²) in [5.41, 5.74) is 0. The summed E-state index contributed by atoms with van der Waals surface area (Å²) in [6, 6.07) is 0. The molecule has 1 N–H and O–H groups in total. The van der Waals surface area contributed by atoms with Crippen LogP contribution in [0.15, 0.2) is 6.20 Å². The number of nitrogens with one attached hydrogen (secondary N) is 1. The average molecular weight is 210 g/mol. The Hall–Kier alpha value is -0.900. The van der Waals surface area contributed by atoms with Gasteiger partial charge in [0.1, 0.15) is 4.88 Å². The van der Waals surface area contributed by atoms with E-state index in [1.165, 1.54) is 24.2 Å². The van der Waals surface area contributed by atoms with Crippen LogP contribution in [-0.4, -0.2) is 17.4 Å². The number of carbonyl (C=O) groups excluding carboxylic acids is 1. The van der Waals surface area contributed by atoms with Crippen LogP contribution >= 0.6 is 11.3 Å². The molecule has 1 aromatic rings. The molecule has 3 nitrogen and oxygen atoms in total. The van der Waals surface area contributed by atoms with Gasteiger partial charge in [-0.05, 0) is 25.2 Å². The molecule has 1 saturated carbocycles. The number of nitrogens with zero attached hydrogens (tertiary/aromatic N) is 1. The summed E-state index contributed by atoms with van der Waals surface area (Å²) >= 11 is 1.49. The first-order chi connectivity index (χ1) is 6.79. The van der Waals surface area contributed by atoms with Crippen molar-refractivity contribution in [1.29, 1.82) is 0 Å². The van der Waals surface area contributed by atoms with Crippen LogP contribution in [0.2, 0.25) is 0 Å². The lowest BCUT2D eigenvalue weighted by Gasteiger charge is -1.99. The van der Waals surface area contributed by atoms with E-state index in [0.717, 1.165) is 28.8 Å². The molecule has 0 radical (unpaired) electrons. The Bertz CT molecular complexity index is 331. The van der Waals surface area contributed by atoms with Crippen molar-refractivity contribution in [2.24, 2.45) is 5.92 Å². The summed E-state index contributed by atoms with van der Waals surface area (Å²) in [4.78, 5) is 16.5. The Kier molecular flexibility index (Phi) is 2.82. The van der Waals surface area contributed by atoms with Crippen molar-refractivity contribution in [2.75, 3.05) is 6.54 Å². The number of amides is 1. The molecule has 1 heterocycles. The molecule has 0 spiro atoms. The second-order valence-corrected chi connectivity index (χ2v) is 4.74. The molecule has 0 atom stereocenters. The fourth-order valence-electron chi connectivity index (χ4n) is 1.22. The standard InChI is InChI=1S/C10H14N2OS/c1-2-9-11-6-8(14-9)10(13)12-5-7-3-4-7/h6-7H,2-5H2,1H3,(H,12,13). The van der Waals surface area contributed by atoms with Crippen molar-refractivity contribution in [3.05, 3.63) is 16.1 Å². The van der Waals surface area contributed by atoms with Gasteiger partial charge in [-0.1, -0.05) is 6.92 Å². The zero-order chi connectivity index (χ0) is 9.97. The monoisotopic (exact) mass is 210 g/mol. The zero-order valence-electron chi connectivity index (χ0n) is 8.25. The van der Waals surface area contributed by atoms with Gasteiger partial charge < -0.3 is 5.32 Å². The summed E-state index contributed by atoms with van der Waals surface area (Å²) < 4.78 is 0. The minimum atomic E-state index is 0.0362. The first kappa shape index (κ1) is 9.65. The SMILES string of the molecule is CCc1ncc(C(=O)NCC2CC2)s1. The molecule has 0 aromatic carbocycles. The Morgan fingerprint density at radius 2 is 2.50 bits per heavy atom. The van der Waals surface area contributed by atoms with Gasteiger partial charge in [0.05, 0.1) is 11.2 Å². The highest BCUT2D eigenvalue weighted by Gasteiger charge is 2.22. The highest BCUT2D eigenvalue weighted by Crippen LogP contribution is 2.27. The van der Waals surface area contributed by atoms with Crippen LogP contribution in [0, 0.1) is 5.92 Å². The predicted octanol–water partition coefficient (Wildman–Crippen LogP) is 1.85. The molecule has 0 bridgehead atoms. The van der Waals surface area contributed by atoms with Crippen LogP contribution in [0.25, 0.3) is 0 Å². The van der Waals surface area contributed by atoms with Gasteiger partial charge in [0.25, 0.3) is 5.91 Å². The number of hydrogen-bond acceptors (Lipinski definition) is 3. The Morgan fingerprint density at radius 1 is 1.71 bits per heavy atom. The third-order valence-corrected chi connectivity index (χ3v) is 3.47. The first-order valence-corrected chi connectivity index (χ1v) is 5.84. The molecule has 1 aromatic heterocycles. The summed E-state index contributed by atoms with van der Waals surface area (Å²) in [5.74, 6) is 0.770. The van der Waals surface area contributed by atoms with E-state index >= 15 is 0 Å². The molecular formula is C10H14N2OS. The number of carbonyl (C=O) groups is 1. The van der Waals surface area contributed by atoms with Crippen LogP contribution in [0.4, 0.5) is 0 Å². The Labute approximate surface area is 87.6 Å². The first-order valence-electron chi connectivity index (χ1n) is 5.02. The predicted molar refractivity (Wildman–Crippen MR) is 56.5 cm³/mol. The number of hydrogen-bond donors (Lipinski definition) is 1. The van der Waals surface area contributed by atoms with E-state index in [1.54, 1.807) is 6.20 Å². The van der Waals surface area contributed by atoms with E-state index in [9.17, 15) is 4.79 Å². The molecule has 4 heteroatoms. The highest BCUT2D eigenvalue weighted by atomic mass is 32.1. The van der Waals surface area contributed by atoms with Gasteiger partial charge in [-0.3, -0.25) is 4.79 Å². The second kappa shape index (κ2) is 4.09. The van der Waals surface area contributed by atoms with Crippen molar-refractivity contribution in [3.8, 4) is 0 Å². The molecule has 1 amide bonds. The van der Waals surface area contributed by atoms with Crippen LogP contribution in [0.5, 0.6) is 0 Å². The summed E-state index contributed by atoms with van der Waals surface area (Å²) in [7, 11) is 0. The highest BCUT2D eigenvalue weighted by molar-refractivity contribution is 7.13. The summed E-state index contributed by atoms with van der Waals surface area (Å²) in [5, 5.41) is 3.96. The van der Waals surface area contributed by atoms with E-state index in [1.807, 2.05) is 6.92 Å². The molecule has 2 rings (SSSR count). The van der Waals surface area contributed by atoms with E-state index < -0.39 is 0 Å². The van der Waals surface area contributed by atoms with Crippen LogP contribution in [0.3, 0.4) is 0 Å². The molecule has 14 heavy (non-hydrogen) atoms. The normalized spacial score (nSPS) is 15.5. The van der Waals surface area contributed by atoms with E-state index in [-0.39, 0.29) is 5.91 Å². The second-order valence-electron chi connectivity index (χ2n) is 3.63. The van der Waals surface area contributed by atoms with Gasteiger partial charge in [-0.2, -0.15) is 0 Å². The number of aryl methyl sites for hydroxylation is 1. The van der Waals surface area contributed by atoms with E-state index in [2.05, 4.69) is 10.3 Å². The lowest BCUT2D eigenvalue weighted by atomic mass is 10.4. The Morgan fingerprint density at radius 3 is 3.07 bits per heavy atom. The van der Waals surface area contributed by atoms with Crippen molar-refractivity contribution < 1.29 is 4.79 Å². The maximum Gasteiger partial charge on any atom is 0.263 e. The molecule has 1 aliphatic carbocycles. The minimum absolute atomic E-state index is 0.0362. The quantitative estimate of drug-likeness (QED) is 0.824. The van der Waals surface area contributed by atoms with Gasteiger partial charge in [0.2, 0.25) is 0 Å². The molecule has 1 aliphatic rings. The van der Waals surface area contributed by atoms with Crippen molar-refractivity contribution in [2.45, 2.75) is 26.2 Å². The molecule has 0 aliphatic heterocycles. The largest absolute Gasteiger partial charge is 0.351 e. The number of aromatic nitrogens is 1. The topological polar surface area (TPSA) is 42.0 Å². The van der Waals surface area contributed by atoms with Gasteiger partial charge >= 0.3 is 0 Å². The Balaban J connectivity index is 1.88. The third kappa shape index (κ3) is 2.32. The van der Waals surface area contributed by atoms with Crippen LogP contribution in [0.1, 0.15) is 34.4 Å². The number of rotatable bonds is 4. The molecule has 0 unspecified atom stereocenters. The maximum absolute atomic E-state index is 11.6. The van der Waals surface area contributed by atoms with E-state index in [4.69, 9.17) is 0 Å². The van der Waals surface area contributed by atoms with Crippen molar-refractivity contribution in [1.82, 2.24) is 10.3 Å². The number of thiazole rings is 1. The van der Waals surface area contributed by atoms with Crippen LogP contribution in [-0.2, 0) is 6.42 Å². The van der Waals surface area contributed by atoms with E-state index in [0.29, 0.717) is 0 Å². The third-order valence-electron chi connectivity index (χ3n) is 2.33. The average Bonchev–Trinajstić information content (AvgIpc) is 2.90. The summed E-state index contributed by atoms with van der Waals surface area (Å²) in [6.45, 7) is 2.88. The van der Waals surface area contributed by atoms with Crippen molar-refractivity contribution >= 4 is 17.2 Å².